The molecule has 74 valence electrons. The van der Waals surface area contributed by atoms with Crippen LogP contribution in [0.1, 0.15) is 48.8 Å². The highest BCUT2D eigenvalue weighted by Gasteiger charge is 2.23. The Balaban J connectivity index is 2.46. The summed E-state index contributed by atoms with van der Waals surface area (Å²) in [7, 11) is 0. The molecule has 1 aromatic rings. The minimum absolute atomic E-state index is 0.665. The van der Waals surface area contributed by atoms with Crippen LogP contribution in [0.5, 0.6) is 0 Å². The third kappa shape index (κ3) is 1.45. The molecule has 2 heteroatoms. The first-order chi connectivity index (χ1) is 6.70. The molecule has 14 heavy (non-hydrogen) atoms. The van der Waals surface area contributed by atoms with Crippen LogP contribution in [0.15, 0.2) is 12.4 Å². The second-order valence-corrected chi connectivity index (χ2v) is 4.17. The summed E-state index contributed by atoms with van der Waals surface area (Å²) in [6.45, 7) is 3.91. The van der Waals surface area contributed by atoms with E-state index in [0.717, 1.165) is 11.1 Å². The summed E-state index contributed by atoms with van der Waals surface area (Å²) in [6.07, 6.45) is 7.67. The second-order valence-electron chi connectivity index (χ2n) is 4.17. The zero-order valence-corrected chi connectivity index (χ0v) is 8.80. The van der Waals surface area contributed by atoms with Crippen LogP contribution >= 0.6 is 0 Å². The van der Waals surface area contributed by atoms with Crippen LogP contribution in [0.3, 0.4) is 0 Å². The maximum Gasteiger partial charge on any atom is 0.0361 e. The first kappa shape index (κ1) is 9.38. The Hall–Kier alpha value is -1.18. The van der Waals surface area contributed by atoms with Crippen LogP contribution in [0, 0.1) is 12.3 Å². The Morgan fingerprint density at radius 1 is 1.43 bits per heavy atom. The van der Waals surface area contributed by atoms with Gasteiger partial charge in [-0.3, -0.25) is 4.98 Å². The molecule has 2 nitrogen and oxygen atoms in total. The van der Waals surface area contributed by atoms with Crippen molar-refractivity contribution in [2.75, 3.05) is 0 Å². The predicted octanol–water partition coefficient (Wildman–Crippen LogP) is 3.05. The molecule has 0 unspecified atom stereocenters. The minimum atomic E-state index is 0.665. The molecule has 1 fully saturated rings. The van der Waals surface area contributed by atoms with Crippen molar-refractivity contribution < 1.29 is 0 Å². The molecule has 1 N–H and O–H groups in total. The molecule has 1 saturated carbocycles. The summed E-state index contributed by atoms with van der Waals surface area (Å²) in [5, 5.41) is 7.78. The van der Waals surface area contributed by atoms with Gasteiger partial charge in [0.25, 0.3) is 0 Å². The monoisotopic (exact) mass is 188 g/mol. The van der Waals surface area contributed by atoms with Crippen molar-refractivity contribution in [1.29, 1.82) is 5.41 Å². The third-order valence-electron chi connectivity index (χ3n) is 3.08. The molecule has 0 spiro atoms. The maximum absolute atomic E-state index is 7.78. The molecule has 0 aliphatic heterocycles. The van der Waals surface area contributed by atoms with Crippen molar-refractivity contribution in [2.45, 2.75) is 39.0 Å². The highest BCUT2D eigenvalue weighted by molar-refractivity contribution is 5.99. The van der Waals surface area contributed by atoms with E-state index < -0.39 is 0 Å². The Morgan fingerprint density at radius 3 is 2.64 bits per heavy atom. The SMILES string of the molecule is CC(=N)c1c(C)cncc1C1CCC1. The molecular formula is C12H16N2. The van der Waals surface area contributed by atoms with E-state index in [1.54, 1.807) is 0 Å². The van der Waals surface area contributed by atoms with Crippen LogP contribution in [0.2, 0.25) is 0 Å². The zero-order valence-electron chi connectivity index (χ0n) is 8.80. The van der Waals surface area contributed by atoms with E-state index in [9.17, 15) is 0 Å². The molecule has 2 rings (SSSR count). The highest BCUT2D eigenvalue weighted by Crippen LogP contribution is 2.38. The van der Waals surface area contributed by atoms with Gasteiger partial charge in [-0.2, -0.15) is 0 Å². The van der Waals surface area contributed by atoms with Gasteiger partial charge in [0.2, 0.25) is 0 Å². The lowest BCUT2D eigenvalue weighted by Gasteiger charge is -2.28. The molecule has 0 aromatic carbocycles. The van der Waals surface area contributed by atoms with Crippen molar-refractivity contribution in [3.05, 3.63) is 29.1 Å². The van der Waals surface area contributed by atoms with Gasteiger partial charge >= 0.3 is 0 Å². The van der Waals surface area contributed by atoms with Gasteiger partial charge in [-0.1, -0.05) is 6.42 Å². The normalized spacial score (nSPS) is 16.4. The number of pyridine rings is 1. The van der Waals surface area contributed by atoms with Crippen LogP contribution in [-0.4, -0.2) is 10.7 Å². The fourth-order valence-electron chi connectivity index (χ4n) is 2.13. The molecule has 1 aromatic heterocycles. The summed E-state index contributed by atoms with van der Waals surface area (Å²) >= 11 is 0. The lowest BCUT2D eigenvalue weighted by molar-refractivity contribution is 0.418. The molecule has 1 aliphatic carbocycles. The lowest BCUT2D eigenvalue weighted by Crippen LogP contribution is -2.14. The standard InChI is InChI=1S/C12H16N2/c1-8-6-14-7-11(10-4-3-5-10)12(8)9(2)13/h6-7,10,13H,3-5H2,1-2H3. The van der Waals surface area contributed by atoms with Gasteiger partial charge in [-0.25, -0.2) is 0 Å². The van der Waals surface area contributed by atoms with Gasteiger partial charge in [-0.15, -0.1) is 0 Å². The van der Waals surface area contributed by atoms with Gasteiger partial charge < -0.3 is 5.41 Å². The maximum atomic E-state index is 7.78. The van der Waals surface area contributed by atoms with Gasteiger partial charge in [-0.05, 0) is 43.7 Å². The molecule has 0 atom stereocenters. The number of hydrogen-bond donors (Lipinski definition) is 1. The third-order valence-corrected chi connectivity index (χ3v) is 3.08. The molecule has 1 aliphatic rings. The highest BCUT2D eigenvalue weighted by atomic mass is 14.6. The van der Waals surface area contributed by atoms with E-state index in [1.807, 2.05) is 26.2 Å². The smallest absolute Gasteiger partial charge is 0.0361 e. The molecule has 0 bridgehead atoms. The average Bonchev–Trinajstić information content (AvgIpc) is 1.99. The zero-order chi connectivity index (χ0) is 10.1. The Morgan fingerprint density at radius 2 is 2.14 bits per heavy atom. The predicted molar refractivity (Wildman–Crippen MR) is 58.1 cm³/mol. The average molecular weight is 188 g/mol. The number of rotatable bonds is 2. The first-order valence-corrected chi connectivity index (χ1v) is 5.20. The number of aromatic nitrogens is 1. The van der Waals surface area contributed by atoms with Gasteiger partial charge in [0.05, 0.1) is 0 Å². The van der Waals surface area contributed by atoms with Crippen molar-refractivity contribution in [3.8, 4) is 0 Å². The Bertz CT molecular complexity index is 365. The van der Waals surface area contributed by atoms with Gasteiger partial charge in [0.1, 0.15) is 0 Å². The van der Waals surface area contributed by atoms with E-state index in [0.29, 0.717) is 11.6 Å². The minimum Gasteiger partial charge on any atom is -0.305 e. The van der Waals surface area contributed by atoms with Crippen LogP contribution in [-0.2, 0) is 0 Å². The number of aryl methyl sites for hydroxylation is 1. The summed E-state index contributed by atoms with van der Waals surface area (Å²) in [6, 6.07) is 0. The van der Waals surface area contributed by atoms with Gasteiger partial charge in [0, 0.05) is 23.7 Å². The Kier molecular flexibility index (Phi) is 2.36. The van der Waals surface area contributed by atoms with E-state index in [-0.39, 0.29) is 0 Å². The van der Waals surface area contributed by atoms with E-state index in [1.165, 1.54) is 24.8 Å². The second kappa shape index (κ2) is 3.52. The van der Waals surface area contributed by atoms with Gasteiger partial charge in [0.15, 0.2) is 0 Å². The summed E-state index contributed by atoms with van der Waals surface area (Å²) < 4.78 is 0. The topological polar surface area (TPSA) is 36.7 Å². The lowest BCUT2D eigenvalue weighted by atomic mass is 9.77. The van der Waals surface area contributed by atoms with Crippen molar-refractivity contribution >= 4 is 5.71 Å². The van der Waals surface area contributed by atoms with Crippen molar-refractivity contribution in [3.63, 3.8) is 0 Å². The van der Waals surface area contributed by atoms with E-state index in [2.05, 4.69) is 4.98 Å². The molecule has 0 saturated heterocycles. The van der Waals surface area contributed by atoms with Crippen LogP contribution < -0.4 is 0 Å². The van der Waals surface area contributed by atoms with Crippen LogP contribution in [0.4, 0.5) is 0 Å². The molecular weight excluding hydrogens is 172 g/mol. The molecule has 0 amide bonds. The number of hydrogen-bond acceptors (Lipinski definition) is 2. The van der Waals surface area contributed by atoms with E-state index >= 15 is 0 Å². The Labute approximate surface area is 84.9 Å². The van der Waals surface area contributed by atoms with Crippen molar-refractivity contribution in [2.24, 2.45) is 0 Å². The fraction of sp³-hybridized carbons (Fsp3) is 0.500. The molecule has 0 radical (unpaired) electrons. The quantitative estimate of drug-likeness (QED) is 0.711. The van der Waals surface area contributed by atoms with Crippen molar-refractivity contribution in [1.82, 2.24) is 4.98 Å². The number of nitrogens with zero attached hydrogens (tertiary/aromatic N) is 1. The fourth-order valence-corrected chi connectivity index (χ4v) is 2.13. The van der Waals surface area contributed by atoms with E-state index in [4.69, 9.17) is 5.41 Å². The number of nitrogens with one attached hydrogen (secondary N) is 1. The first-order valence-electron chi connectivity index (χ1n) is 5.20. The van der Waals surface area contributed by atoms with Crippen LogP contribution in [0.25, 0.3) is 0 Å². The largest absolute Gasteiger partial charge is 0.305 e. The summed E-state index contributed by atoms with van der Waals surface area (Å²) in [4.78, 5) is 4.23. The molecule has 1 heterocycles. The summed E-state index contributed by atoms with van der Waals surface area (Å²) in [5.74, 6) is 0.665. The summed E-state index contributed by atoms with van der Waals surface area (Å²) in [5.41, 5.74) is 4.24.